The Morgan fingerprint density at radius 2 is 1.32 bits per heavy atom. The molecule has 0 aromatic carbocycles. The molecule has 0 saturated heterocycles. The number of methoxy groups -OCH3 is 1. The van der Waals surface area contributed by atoms with E-state index in [1.807, 2.05) is 0 Å². The first-order chi connectivity index (χ1) is 12.8. The van der Waals surface area contributed by atoms with Crippen molar-refractivity contribution in [2.24, 2.45) is 0 Å². The minimum Gasteiger partial charge on any atom is -0.467 e. The molecule has 0 aliphatic heterocycles. The Kier molecular flexibility index (Phi) is 10.8. The van der Waals surface area contributed by atoms with Crippen LogP contribution in [-0.2, 0) is 23.8 Å². The maximum atomic E-state index is 12.7. The van der Waals surface area contributed by atoms with Crippen LogP contribution in [0.1, 0.15) is 80.1 Å². The summed E-state index contributed by atoms with van der Waals surface area (Å²) in [7, 11) is 1.20. The van der Waals surface area contributed by atoms with Crippen LogP contribution in [0.2, 0.25) is 0 Å². The van der Waals surface area contributed by atoms with Crippen molar-refractivity contribution in [1.29, 1.82) is 0 Å². The summed E-state index contributed by atoms with van der Waals surface area (Å²) in [6, 6.07) is -1.15. The first-order valence-electron chi connectivity index (χ1n) is 9.59. The molecule has 1 atom stereocenters. The molecule has 0 aliphatic carbocycles. The molecule has 0 unspecified atom stereocenters. The molecule has 2 amide bonds. The highest BCUT2D eigenvalue weighted by molar-refractivity contribution is 5.94. The number of hydrogen-bond acceptors (Lipinski definition) is 7. The number of carbonyl (C=O) groups is 4. The van der Waals surface area contributed by atoms with Crippen molar-refractivity contribution in [3.05, 3.63) is 0 Å². The number of unbranched alkanes of at least 4 members (excludes halogenated alkanes) is 4. The first kappa shape index (κ1) is 25.9. The zero-order chi connectivity index (χ0) is 22.0. The molecule has 8 nitrogen and oxygen atoms in total. The van der Waals surface area contributed by atoms with Crippen molar-refractivity contribution < 1.29 is 33.4 Å². The van der Waals surface area contributed by atoms with Gasteiger partial charge in [0, 0.05) is 6.42 Å². The Labute approximate surface area is 167 Å². The van der Waals surface area contributed by atoms with Crippen LogP contribution in [0.5, 0.6) is 0 Å². The van der Waals surface area contributed by atoms with E-state index >= 15 is 0 Å². The molecule has 0 bridgehead atoms. The van der Waals surface area contributed by atoms with Crippen LogP contribution in [0.25, 0.3) is 0 Å². The summed E-state index contributed by atoms with van der Waals surface area (Å²) in [6.45, 7) is 9.99. The Morgan fingerprint density at radius 1 is 0.857 bits per heavy atom. The number of rotatable bonds is 9. The molecular weight excluding hydrogens is 366 g/mol. The molecule has 0 heterocycles. The number of nitrogens with zero attached hydrogens (tertiary/aromatic N) is 1. The Morgan fingerprint density at radius 3 is 1.71 bits per heavy atom. The highest BCUT2D eigenvalue weighted by Gasteiger charge is 2.40. The molecule has 28 heavy (non-hydrogen) atoms. The number of carbonyl (C=O) groups excluding carboxylic acids is 4. The fourth-order valence-corrected chi connectivity index (χ4v) is 2.36. The van der Waals surface area contributed by atoms with Crippen LogP contribution >= 0.6 is 0 Å². The van der Waals surface area contributed by atoms with Gasteiger partial charge in [-0.3, -0.25) is 0 Å². The summed E-state index contributed by atoms with van der Waals surface area (Å²) in [5.41, 5.74) is -1.71. The quantitative estimate of drug-likeness (QED) is 0.246. The Bertz CT molecular complexity index is 504. The van der Waals surface area contributed by atoms with Gasteiger partial charge in [0.25, 0.3) is 0 Å². The smallest absolute Gasteiger partial charge is 0.420 e. The van der Waals surface area contributed by atoms with Gasteiger partial charge in [-0.2, -0.15) is 4.90 Å². The average molecular weight is 402 g/mol. The number of esters is 1. The number of imide groups is 1. The standard InChI is InChI=1S/C20H35NO7/c1-19(2,3)27-17(24)21(18(25)28-20(4,5)6)15(16(23)26-7)13-11-9-8-10-12-14-22/h14-15H,8-13H2,1-7H3/t15-/m0/s1. The Balaban J connectivity index is 5.45. The molecule has 0 spiro atoms. The summed E-state index contributed by atoms with van der Waals surface area (Å²) in [4.78, 5) is 48.8. The Hall–Kier alpha value is -2.12. The van der Waals surface area contributed by atoms with Crippen molar-refractivity contribution in [2.45, 2.75) is 97.3 Å². The maximum absolute atomic E-state index is 12.7. The summed E-state index contributed by atoms with van der Waals surface area (Å²) >= 11 is 0. The van der Waals surface area contributed by atoms with E-state index < -0.39 is 35.4 Å². The van der Waals surface area contributed by atoms with E-state index in [0.29, 0.717) is 17.7 Å². The molecule has 0 N–H and O–H groups in total. The van der Waals surface area contributed by atoms with Gasteiger partial charge in [0.15, 0.2) is 0 Å². The maximum Gasteiger partial charge on any atom is 0.420 e. The lowest BCUT2D eigenvalue weighted by Gasteiger charge is -2.32. The van der Waals surface area contributed by atoms with Crippen LogP contribution in [0, 0.1) is 0 Å². The lowest BCUT2D eigenvalue weighted by molar-refractivity contribution is -0.147. The summed E-state index contributed by atoms with van der Waals surface area (Å²) < 4.78 is 15.4. The number of aldehydes is 1. The van der Waals surface area contributed by atoms with Crippen LogP contribution in [0.15, 0.2) is 0 Å². The van der Waals surface area contributed by atoms with Gasteiger partial charge in [0.1, 0.15) is 23.5 Å². The molecule has 0 rings (SSSR count). The van der Waals surface area contributed by atoms with Gasteiger partial charge in [0.2, 0.25) is 0 Å². The van der Waals surface area contributed by atoms with E-state index in [1.54, 1.807) is 41.5 Å². The molecule has 0 aliphatic rings. The zero-order valence-electron chi connectivity index (χ0n) is 18.2. The second-order valence-electron chi connectivity index (χ2n) is 8.53. The molecule has 162 valence electrons. The normalized spacial score (nSPS) is 12.7. The van der Waals surface area contributed by atoms with Crippen molar-refractivity contribution in [3.8, 4) is 0 Å². The largest absolute Gasteiger partial charge is 0.467 e. The van der Waals surface area contributed by atoms with Crippen LogP contribution < -0.4 is 0 Å². The molecule has 0 aromatic heterocycles. The van der Waals surface area contributed by atoms with Crippen molar-refractivity contribution >= 4 is 24.4 Å². The van der Waals surface area contributed by atoms with E-state index in [2.05, 4.69) is 0 Å². The third-order valence-electron chi connectivity index (χ3n) is 3.51. The van der Waals surface area contributed by atoms with E-state index in [9.17, 15) is 19.2 Å². The highest BCUT2D eigenvalue weighted by Crippen LogP contribution is 2.21. The summed E-state index contributed by atoms with van der Waals surface area (Å²) in [6.07, 6.45) is 2.54. The first-order valence-corrected chi connectivity index (χ1v) is 9.59. The topological polar surface area (TPSA) is 99.2 Å². The van der Waals surface area contributed by atoms with E-state index in [0.717, 1.165) is 25.5 Å². The van der Waals surface area contributed by atoms with E-state index in [4.69, 9.17) is 14.2 Å². The highest BCUT2D eigenvalue weighted by atomic mass is 16.6. The van der Waals surface area contributed by atoms with E-state index in [-0.39, 0.29) is 6.42 Å². The molecule has 0 fully saturated rings. The lowest BCUT2D eigenvalue weighted by Crippen LogP contribution is -2.52. The van der Waals surface area contributed by atoms with Crippen molar-refractivity contribution in [1.82, 2.24) is 4.90 Å². The minimum atomic E-state index is -1.15. The van der Waals surface area contributed by atoms with Gasteiger partial charge >= 0.3 is 18.2 Å². The second kappa shape index (κ2) is 11.7. The SMILES string of the molecule is COC(=O)[C@H](CCCCCCC=O)N(C(=O)OC(C)(C)C)C(=O)OC(C)(C)C. The predicted octanol–water partition coefficient (Wildman–Crippen LogP) is 4.24. The van der Waals surface area contributed by atoms with Crippen LogP contribution in [0.4, 0.5) is 9.59 Å². The van der Waals surface area contributed by atoms with Gasteiger partial charge in [-0.1, -0.05) is 19.3 Å². The molecular formula is C20H35NO7. The van der Waals surface area contributed by atoms with Gasteiger partial charge < -0.3 is 19.0 Å². The number of ether oxygens (including phenoxy) is 3. The van der Waals surface area contributed by atoms with Gasteiger partial charge in [-0.15, -0.1) is 0 Å². The average Bonchev–Trinajstić information content (AvgIpc) is 2.52. The van der Waals surface area contributed by atoms with E-state index in [1.165, 1.54) is 7.11 Å². The van der Waals surface area contributed by atoms with Crippen LogP contribution in [0.3, 0.4) is 0 Å². The van der Waals surface area contributed by atoms with Crippen LogP contribution in [-0.4, -0.2) is 53.7 Å². The third-order valence-corrected chi connectivity index (χ3v) is 3.51. The summed E-state index contributed by atoms with van der Waals surface area (Å²) in [5.74, 6) is -0.718. The van der Waals surface area contributed by atoms with Gasteiger partial charge in [0.05, 0.1) is 7.11 Å². The number of hydrogen-bond donors (Lipinski definition) is 0. The third kappa shape index (κ3) is 10.9. The fraction of sp³-hybridized carbons (Fsp3) is 0.800. The molecule has 0 saturated carbocycles. The lowest BCUT2D eigenvalue weighted by atomic mass is 10.1. The van der Waals surface area contributed by atoms with Gasteiger partial charge in [-0.25, -0.2) is 14.4 Å². The second-order valence-corrected chi connectivity index (χ2v) is 8.53. The zero-order valence-corrected chi connectivity index (χ0v) is 18.2. The monoisotopic (exact) mass is 401 g/mol. The van der Waals surface area contributed by atoms with Crippen molar-refractivity contribution in [2.75, 3.05) is 7.11 Å². The van der Waals surface area contributed by atoms with Gasteiger partial charge in [-0.05, 0) is 54.4 Å². The molecule has 0 radical (unpaired) electrons. The summed E-state index contributed by atoms with van der Waals surface area (Å²) in [5, 5.41) is 0. The predicted molar refractivity (Wildman–Crippen MR) is 104 cm³/mol. The minimum absolute atomic E-state index is 0.215. The molecule has 0 aromatic rings. The van der Waals surface area contributed by atoms with Crippen molar-refractivity contribution in [3.63, 3.8) is 0 Å². The fourth-order valence-electron chi connectivity index (χ4n) is 2.36. The number of amides is 2. The molecule has 8 heteroatoms.